The standard InChI is InChI=1S/C13H12F2N2O2S/c1-8-4-2-3-5-10(8)17-20(18,19)11-7-6-9(14)13(16)12(11)15/h2-7,17H,16H2,1H3. The summed E-state index contributed by atoms with van der Waals surface area (Å²) in [6.45, 7) is 1.70. The zero-order valence-electron chi connectivity index (χ0n) is 10.5. The number of nitrogen functional groups attached to an aromatic ring is 1. The van der Waals surface area contributed by atoms with E-state index in [0.717, 1.165) is 12.1 Å². The average Bonchev–Trinajstić information content (AvgIpc) is 2.38. The van der Waals surface area contributed by atoms with Crippen LogP contribution in [0.2, 0.25) is 0 Å². The quantitative estimate of drug-likeness (QED) is 0.856. The summed E-state index contributed by atoms with van der Waals surface area (Å²) in [7, 11) is -4.18. The minimum absolute atomic E-state index is 0.315. The average molecular weight is 298 g/mol. The highest BCUT2D eigenvalue weighted by Gasteiger charge is 2.23. The molecular formula is C13H12F2N2O2S. The maximum Gasteiger partial charge on any atom is 0.264 e. The van der Waals surface area contributed by atoms with Gasteiger partial charge in [-0.3, -0.25) is 4.72 Å². The van der Waals surface area contributed by atoms with Crippen molar-refractivity contribution in [3.63, 3.8) is 0 Å². The third-order valence-corrected chi connectivity index (χ3v) is 4.15. The van der Waals surface area contributed by atoms with Gasteiger partial charge in [0.1, 0.15) is 16.4 Å². The molecule has 0 aromatic heterocycles. The van der Waals surface area contributed by atoms with Crippen LogP contribution in [0.3, 0.4) is 0 Å². The number of nitrogens with two attached hydrogens (primary N) is 1. The lowest BCUT2D eigenvalue weighted by Crippen LogP contribution is -2.16. The van der Waals surface area contributed by atoms with Crippen molar-refractivity contribution in [2.45, 2.75) is 11.8 Å². The molecule has 0 spiro atoms. The van der Waals surface area contributed by atoms with E-state index in [1.54, 1.807) is 25.1 Å². The predicted molar refractivity (Wildman–Crippen MR) is 72.8 cm³/mol. The monoisotopic (exact) mass is 298 g/mol. The third kappa shape index (κ3) is 2.57. The van der Waals surface area contributed by atoms with Crippen molar-refractivity contribution in [1.29, 1.82) is 0 Å². The first kappa shape index (κ1) is 14.3. The molecule has 0 radical (unpaired) electrons. The summed E-state index contributed by atoms with van der Waals surface area (Å²) in [5.41, 5.74) is 5.33. The zero-order valence-corrected chi connectivity index (χ0v) is 11.3. The van der Waals surface area contributed by atoms with Crippen molar-refractivity contribution < 1.29 is 17.2 Å². The Kier molecular flexibility index (Phi) is 3.63. The summed E-state index contributed by atoms with van der Waals surface area (Å²) in [6.07, 6.45) is 0. The molecule has 0 aliphatic carbocycles. The van der Waals surface area contributed by atoms with Crippen LogP contribution in [0.1, 0.15) is 5.56 Å². The molecule has 0 heterocycles. The lowest BCUT2D eigenvalue weighted by Gasteiger charge is -2.12. The van der Waals surface area contributed by atoms with E-state index in [-0.39, 0.29) is 0 Å². The molecule has 2 aromatic rings. The summed E-state index contributed by atoms with van der Waals surface area (Å²) in [5, 5.41) is 0. The van der Waals surface area contributed by atoms with E-state index in [1.807, 2.05) is 0 Å². The first-order valence-corrected chi connectivity index (χ1v) is 7.13. The van der Waals surface area contributed by atoms with E-state index < -0.39 is 32.2 Å². The summed E-state index contributed by atoms with van der Waals surface area (Å²) in [6, 6.07) is 8.27. The van der Waals surface area contributed by atoms with Crippen molar-refractivity contribution in [1.82, 2.24) is 0 Å². The van der Waals surface area contributed by atoms with Gasteiger partial charge in [-0.1, -0.05) is 18.2 Å². The fourth-order valence-electron chi connectivity index (χ4n) is 1.64. The number of aryl methyl sites for hydroxylation is 1. The first-order chi connectivity index (χ1) is 9.33. The molecule has 0 aliphatic rings. The van der Waals surface area contributed by atoms with Crippen LogP contribution >= 0.6 is 0 Å². The number of benzene rings is 2. The Balaban J connectivity index is 2.47. The number of hydrogen-bond acceptors (Lipinski definition) is 3. The molecular weight excluding hydrogens is 286 g/mol. The molecule has 106 valence electrons. The fraction of sp³-hybridized carbons (Fsp3) is 0.0769. The van der Waals surface area contributed by atoms with Gasteiger partial charge in [-0.15, -0.1) is 0 Å². The molecule has 0 saturated carbocycles. The number of hydrogen-bond donors (Lipinski definition) is 2. The Morgan fingerprint density at radius 1 is 1.10 bits per heavy atom. The Hall–Kier alpha value is -2.15. The van der Waals surface area contributed by atoms with Gasteiger partial charge in [0.2, 0.25) is 0 Å². The van der Waals surface area contributed by atoms with Crippen LogP contribution in [0.5, 0.6) is 0 Å². The highest BCUT2D eigenvalue weighted by atomic mass is 32.2. The summed E-state index contributed by atoms with van der Waals surface area (Å²) in [4.78, 5) is -0.695. The van der Waals surface area contributed by atoms with Crippen LogP contribution in [-0.4, -0.2) is 8.42 Å². The zero-order chi connectivity index (χ0) is 14.9. The van der Waals surface area contributed by atoms with Gasteiger partial charge in [-0.25, -0.2) is 17.2 Å². The van der Waals surface area contributed by atoms with E-state index >= 15 is 0 Å². The molecule has 20 heavy (non-hydrogen) atoms. The van der Waals surface area contributed by atoms with E-state index in [9.17, 15) is 17.2 Å². The molecule has 4 nitrogen and oxygen atoms in total. The van der Waals surface area contributed by atoms with Crippen LogP contribution in [0, 0.1) is 18.6 Å². The van der Waals surface area contributed by atoms with Gasteiger partial charge in [0.25, 0.3) is 10.0 Å². The van der Waals surface area contributed by atoms with Crippen molar-refractivity contribution in [2.75, 3.05) is 10.5 Å². The maximum absolute atomic E-state index is 13.8. The van der Waals surface area contributed by atoms with Crippen molar-refractivity contribution in [2.24, 2.45) is 0 Å². The molecule has 0 fully saturated rings. The largest absolute Gasteiger partial charge is 0.394 e. The molecule has 0 unspecified atom stereocenters. The van der Waals surface area contributed by atoms with Crippen LogP contribution in [0.25, 0.3) is 0 Å². The third-order valence-electron chi connectivity index (χ3n) is 2.77. The van der Waals surface area contributed by atoms with Gasteiger partial charge >= 0.3 is 0 Å². The minimum atomic E-state index is -4.18. The van der Waals surface area contributed by atoms with Gasteiger partial charge in [0.15, 0.2) is 5.82 Å². The number of halogens is 2. The van der Waals surface area contributed by atoms with E-state index in [2.05, 4.69) is 4.72 Å². The van der Waals surface area contributed by atoms with Crippen LogP contribution < -0.4 is 10.5 Å². The lowest BCUT2D eigenvalue weighted by atomic mass is 10.2. The van der Waals surface area contributed by atoms with Gasteiger partial charge < -0.3 is 5.73 Å². The van der Waals surface area contributed by atoms with Gasteiger partial charge in [-0.05, 0) is 30.7 Å². The van der Waals surface area contributed by atoms with Crippen LogP contribution in [0.4, 0.5) is 20.2 Å². The highest BCUT2D eigenvalue weighted by molar-refractivity contribution is 7.92. The number of anilines is 2. The second-order valence-corrected chi connectivity index (χ2v) is 5.84. The lowest BCUT2D eigenvalue weighted by molar-refractivity contribution is 0.557. The molecule has 3 N–H and O–H groups in total. The topological polar surface area (TPSA) is 72.2 Å². The summed E-state index contributed by atoms with van der Waals surface area (Å²) >= 11 is 0. The normalized spacial score (nSPS) is 11.3. The smallest absolute Gasteiger partial charge is 0.264 e. The summed E-state index contributed by atoms with van der Waals surface area (Å²) < 4.78 is 53.3. The van der Waals surface area contributed by atoms with E-state index in [4.69, 9.17) is 5.73 Å². The van der Waals surface area contributed by atoms with Crippen molar-refractivity contribution >= 4 is 21.4 Å². The SMILES string of the molecule is Cc1ccccc1NS(=O)(=O)c1ccc(F)c(N)c1F. The van der Waals surface area contributed by atoms with Gasteiger partial charge in [0.05, 0.1) is 5.69 Å². The minimum Gasteiger partial charge on any atom is -0.394 e. The Labute approximate surface area is 115 Å². The molecule has 2 aromatic carbocycles. The van der Waals surface area contributed by atoms with Crippen molar-refractivity contribution in [3.05, 3.63) is 53.6 Å². The summed E-state index contributed by atoms with van der Waals surface area (Å²) in [5.74, 6) is -2.30. The first-order valence-electron chi connectivity index (χ1n) is 5.65. The van der Waals surface area contributed by atoms with Crippen LogP contribution in [0.15, 0.2) is 41.3 Å². The van der Waals surface area contributed by atoms with E-state index in [0.29, 0.717) is 11.3 Å². The van der Waals surface area contributed by atoms with Gasteiger partial charge in [0, 0.05) is 0 Å². The maximum atomic E-state index is 13.8. The van der Waals surface area contributed by atoms with Gasteiger partial charge in [-0.2, -0.15) is 0 Å². The molecule has 0 saturated heterocycles. The Bertz CT molecular complexity index is 761. The predicted octanol–water partition coefficient (Wildman–Crippen LogP) is 2.66. The second-order valence-electron chi connectivity index (χ2n) is 4.19. The number of nitrogens with one attached hydrogen (secondary N) is 1. The number of sulfonamides is 1. The molecule has 0 aliphatic heterocycles. The molecule has 0 atom stereocenters. The number of rotatable bonds is 3. The highest BCUT2D eigenvalue weighted by Crippen LogP contribution is 2.25. The number of para-hydroxylation sites is 1. The van der Waals surface area contributed by atoms with Crippen molar-refractivity contribution in [3.8, 4) is 0 Å². The molecule has 0 bridgehead atoms. The second kappa shape index (κ2) is 5.09. The van der Waals surface area contributed by atoms with E-state index in [1.165, 1.54) is 6.07 Å². The molecule has 2 rings (SSSR count). The Morgan fingerprint density at radius 2 is 1.75 bits per heavy atom. The van der Waals surface area contributed by atoms with Crippen LogP contribution in [-0.2, 0) is 10.0 Å². The molecule has 7 heteroatoms. The Morgan fingerprint density at radius 3 is 2.40 bits per heavy atom. The fourth-order valence-corrected chi connectivity index (χ4v) is 2.87. The molecule has 0 amide bonds.